The van der Waals surface area contributed by atoms with Crippen LogP contribution in [0.5, 0.6) is 0 Å². The number of rotatable bonds is 1. The summed E-state index contributed by atoms with van der Waals surface area (Å²) in [6.07, 6.45) is 1.40. The molecule has 0 aliphatic carbocycles. The number of nitrogens with one attached hydrogen (secondary N) is 1. The maximum atomic E-state index is 9.71. The minimum absolute atomic E-state index is 0.203. The number of carboxylic acid groups (broad SMARTS) is 2. The molecular weight excluding hydrogens is 298 g/mol. The lowest BCUT2D eigenvalue weighted by molar-refractivity contribution is -0.159. The smallest absolute Gasteiger partial charge is 0.414 e. The van der Waals surface area contributed by atoms with E-state index in [-0.39, 0.29) is 12.1 Å². The summed E-state index contributed by atoms with van der Waals surface area (Å²) in [6, 6.07) is 8.41. The van der Waals surface area contributed by atoms with Crippen LogP contribution in [0.2, 0.25) is 5.02 Å². The van der Waals surface area contributed by atoms with Gasteiger partial charge in [0, 0.05) is 17.1 Å². The maximum absolute atomic E-state index is 9.71. The summed E-state index contributed by atoms with van der Waals surface area (Å²) in [5, 5.41) is 28.7. The average Bonchev–Trinajstić information content (AvgIpc) is 2.38. The molecule has 1 aliphatic rings. The second-order valence-corrected chi connectivity index (χ2v) is 5.35. The van der Waals surface area contributed by atoms with Gasteiger partial charge >= 0.3 is 11.9 Å². The van der Waals surface area contributed by atoms with Gasteiger partial charge in [-0.05, 0) is 37.5 Å². The third-order valence-corrected chi connectivity index (χ3v) is 3.29. The molecule has 0 amide bonds. The highest BCUT2D eigenvalue weighted by Crippen LogP contribution is 2.27. The molecule has 1 saturated heterocycles. The lowest BCUT2D eigenvalue weighted by atomic mass is 9.92. The van der Waals surface area contributed by atoms with Gasteiger partial charge in [-0.1, -0.05) is 23.7 Å². The number of carboxylic acids is 2. The van der Waals surface area contributed by atoms with E-state index >= 15 is 0 Å². The summed E-state index contributed by atoms with van der Waals surface area (Å²) in [7, 11) is 0. The Bertz CT molecular complexity index is 486. The Labute approximate surface area is 127 Å². The topological polar surface area (TPSA) is 107 Å². The van der Waals surface area contributed by atoms with Crippen LogP contribution in [-0.4, -0.2) is 39.4 Å². The number of carbonyl (C=O) groups is 2. The Kier molecular flexibility index (Phi) is 6.61. The molecule has 6 nitrogen and oxygen atoms in total. The molecule has 3 unspecified atom stereocenters. The van der Waals surface area contributed by atoms with Crippen LogP contribution in [-0.2, 0) is 9.59 Å². The molecule has 1 heterocycles. The molecule has 21 heavy (non-hydrogen) atoms. The molecule has 1 aromatic rings. The Balaban J connectivity index is 0.000000315. The Hall–Kier alpha value is -1.63. The van der Waals surface area contributed by atoms with Crippen LogP contribution in [0.4, 0.5) is 0 Å². The number of hydrogen-bond acceptors (Lipinski definition) is 4. The minimum Gasteiger partial charge on any atom is -0.473 e. The van der Waals surface area contributed by atoms with Gasteiger partial charge < -0.3 is 20.6 Å². The zero-order chi connectivity index (χ0) is 16.0. The summed E-state index contributed by atoms with van der Waals surface area (Å²) in [4.78, 5) is 18.2. The van der Waals surface area contributed by atoms with E-state index in [2.05, 4.69) is 12.2 Å². The fraction of sp³-hybridized carbons (Fsp3) is 0.429. The highest BCUT2D eigenvalue weighted by Gasteiger charge is 2.25. The average molecular weight is 316 g/mol. The summed E-state index contributed by atoms with van der Waals surface area (Å²) < 4.78 is 0. The predicted octanol–water partition coefficient (Wildman–Crippen LogP) is 1.67. The number of hydrogen-bond donors (Lipinski definition) is 4. The van der Waals surface area contributed by atoms with Crippen molar-refractivity contribution in [3.05, 3.63) is 34.9 Å². The molecule has 0 aromatic heterocycles. The van der Waals surface area contributed by atoms with Gasteiger partial charge in [-0.15, -0.1) is 0 Å². The van der Waals surface area contributed by atoms with Crippen LogP contribution in [0.3, 0.4) is 0 Å². The summed E-state index contributed by atoms with van der Waals surface area (Å²) in [5.41, 5.74) is 1.16. The van der Waals surface area contributed by atoms with Crippen molar-refractivity contribution in [2.45, 2.75) is 38.0 Å². The van der Waals surface area contributed by atoms with Gasteiger partial charge in [0.05, 0.1) is 6.10 Å². The molecule has 1 aromatic carbocycles. The van der Waals surface area contributed by atoms with E-state index in [0.29, 0.717) is 6.04 Å². The van der Waals surface area contributed by atoms with E-state index in [1.165, 1.54) is 0 Å². The first-order chi connectivity index (χ1) is 9.79. The standard InChI is InChI=1S/C12H16ClNO.C2H2O4/c1-8-5-11(15)7-12(14-8)9-3-2-4-10(13)6-9;3-1(4)2(5)6/h2-4,6,8,11-12,14-15H,5,7H2,1H3;(H,3,4)(H,5,6). The second kappa shape index (κ2) is 7.97. The molecule has 116 valence electrons. The number of aliphatic carboxylic acids is 2. The van der Waals surface area contributed by atoms with E-state index in [1.54, 1.807) is 0 Å². The van der Waals surface area contributed by atoms with Crippen LogP contribution in [0.15, 0.2) is 24.3 Å². The van der Waals surface area contributed by atoms with E-state index in [0.717, 1.165) is 23.4 Å². The first-order valence-electron chi connectivity index (χ1n) is 6.45. The molecule has 7 heteroatoms. The number of halogens is 1. The first-order valence-corrected chi connectivity index (χ1v) is 6.83. The summed E-state index contributed by atoms with van der Waals surface area (Å²) in [5.74, 6) is -3.65. The lowest BCUT2D eigenvalue weighted by Crippen LogP contribution is -2.40. The Morgan fingerprint density at radius 3 is 2.33 bits per heavy atom. The van der Waals surface area contributed by atoms with Gasteiger partial charge in [-0.25, -0.2) is 9.59 Å². The van der Waals surface area contributed by atoms with Crippen LogP contribution < -0.4 is 5.32 Å². The van der Waals surface area contributed by atoms with Crippen molar-refractivity contribution < 1.29 is 24.9 Å². The first kappa shape index (κ1) is 17.4. The quantitative estimate of drug-likeness (QED) is 0.587. The lowest BCUT2D eigenvalue weighted by Gasteiger charge is -2.32. The van der Waals surface area contributed by atoms with Crippen molar-refractivity contribution in [1.29, 1.82) is 0 Å². The van der Waals surface area contributed by atoms with Gasteiger partial charge in [-0.2, -0.15) is 0 Å². The molecular formula is C14H18ClNO5. The summed E-state index contributed by atoms with van der Waals surface area (Å²) in [6.45, 7) is 2.10. The molecule has 2 rings (SSSR count). The van der Waals surface area contributed by atoms with Crippen molar-refractivity contribution in [2.24, 2.45) is 0 Å². The molecule has 0 saturated carbocycles. The number of aliphatic hydroxyl groups is 1. The molecule has 1 fully saturated rings. The maximum Gasteiger partial charge on any atom is 0.414 e. The molecule has 0 spiro atoms. The SMILES string of the molecule is CC1CC(O)CC(c2cccc(Cl)c2)N1.O=C(O)C(=O)O. The van der Waals surface area contributed by atoms with Gasteiger partial charge in [0.2, 0.25) is 0 Å². The van der Waals surface area contributed by atoms with Crippen molar-refractivity contribution in [1.82, 2.24) is 5.32 Å². The van der Waals surface area contributed by atoms with Crippen LogP contribution in [0.25, 0.3) is 0 Å². The zero-order valence-electron chi connectivity index (χ0n) is 11.5. The summed E-state index contributed by atoms with van der Waals surface area (Å²) >= 11 is 5.95. The monoisotopic (exact) mass is 315 g/mol. The van der Waals surface area contributed by atoms with Crippen LogP contribution in [0.1, 0.15) is 31.4 Å². The van der Waals surface area contributed by atoms with Crippen molar-refractivity contribution in [3.63, 3.8) is 0 Å². The van der Waals surface area contributed by atoms with Crippen LogP contribution in [0, 0.1) is 0 Å². The van der Waals surface area contributed by atoms with Crippen molar-refractivity contribution in [3.8, 4) is 0 Å². The van der Waals surface area contributed by atoms with E-state index in [4.69, 9.17) is 31.4 Å². The van der Waals surface area contributed by atoms with Gasteiger partial charge in [0.25, 0.3) is 0 Å². The predicted molar refractivity (Wildman–Crippen MR) is 77.3 cm³/mol. The van der Waals surface area contributed by atoms with E-state index < -0.39 is 11.9 Å². The Morgan fingerprint density at radius 2 is 1.86 bits per heavy atom. The minimum atomic E-state index is -1.82. The highest BCUT2D eigenvalue weighted by atomic mass is 35.5. The van der Waals surface area contributed by atoms with Gasteiger partial charge in [0.15, 0.2) is 0 Å². The highest BCUT2D eigenvalue weighted by molar-refractivity contribution is 6.30. The number of aliphatic hydroxyl groups excluding tert-OH is 1. The third-order valence-electron chi connectivity index (χ3n) is 3.05. The van der Waals surface area contributed by atoms with E-state index in [1.807, 2.05) is 24.3 Å². The largest absolute Gasteiger partial charge is 0.473 e. The molecule has 0 bridgehead atoms. The van der Waals surface area contributed by atoms with Gasteiger partial charge in [0.1, 0.15) is 0 Å². The third kappa shape index (κ3) is 6.12. The van der Waals surface area contributed by atoms with E-state index in [9.17, 15) is 5.11 Å². The molecule has 1 aliphatic heterocycles. The normalized spacial score (nSPS) is 24.6. The number of piperidine rings is 1. The fourth-order valence-corrected chi connectivity index (χ4v) is 2.41. The molecule has 0 radical (unpaired) electrons. The zero-order valence-corrected chi connectivity index (χ0v) is 12.2. The fourth-order valence-electron chi connectivity index (χ4n) is 2.21. The molecule has 4 N–H and O–H groups in total. The molecule has 3 atom stereocenters. The van der Waals surface area contributed by atoms with Gasteiger partial charge in [-0.3, -0.25) is 0 Å². The van der Waals surface area contributed by atoms with Crippen LogP contribution >= 0.6 is 11.6 Å². The second-order valence-electron chi connectivity index (χ2n) is 4.91. The van der Waals surface area contributed by atoms with Crippen molar-refractivity contribution >= 4 is 23.5 Å². The van der Waals surface area contributed by atoms with Crippen molar-refractivity contribution in [2.75, 3.05) is 0 Å². The number of benzene rings is 1. The Morgan fingerprint density at radius 1 is 1.24 bits per heavy atom.